The second kappa shape index (κ2) is 4.73. The lowest BCUT2D eigenvalue weighted by atomic mass is 10.1. The summed E-state index contributed by atoms with van der Waals surface area (Å²) in [6.45, 7) is 1.63. The highest BCUT2D eigenvalue weighted by atomic mass is 35.5. The van der Waals surface area contributed by atoms with Crippen LogP contribution in [0.2, 0.25) is 5.02 Å². The van der Waals surface area contributed by atoms with Crippen molar-refractivity contribution in [3.63, 3.8) is 0 Å². The molecule has 0 saturated heterocycles. The van der Waals surface area contributed by atoms with Crippen LogP contribution in [0.3, 0.4) is 0 Å². The number of nitrogens with zero attached hydrogens (tertiary/aromatic N) is 1. The number of pyridine rings is 1. The van der Waals surface area contributed by atoms with Crippen LogP contribution in [-0.4, -0.2) is 15.8 Å². The van der Waals surface area contributed by atoms with Crippen LogP contribution in [0.5, 0.6) is 5.75 Å². The molecule has 110 valence electrons. The maximum absolute atomic E-state index is 13.8. The predicted molar refractivity (Wildman–Crippen MR) is 74.8 cm³/mol. The smallest absolute Gasteiger partial charge is 0.449 e. The fourth-order valence-electron chi connectivity index (χ4n) is 2.44. The molecule has 0 spiro atoms. The molecule has 1 heterocycles. The molecule has 1 aliphatic carbocycles. The van der Waals surface area contributed by atoms with E-state index in [0.29, 0.717) is 11.1 Å². The number of fused-ring (bicyclic) bond motifs is 1. The summed E-state index contributed by atoms with van der Waals surface area (Å²) in [4.78, 5) is 22.9. The Balaban J connectivity index is 2.40. The number of ether oxygens (including phenoxy) is 1. The lowest BCUT2D eigenvalue weighted by molar-refractivity contribution is 0.143. The number of aromatic nitrogens is 1. The SMILES string of the molecule is Cc1c(Cl)c(F)cc2c(=O)c(OC(=O)O)cn(C3CC3)c12. The minimum Gasteiger partial charge on any atom is -0.449 e. The van der Waals surface area contributed by atoms with Gasteiger partial charge in [-0.15, -0.1) is 0 Å². The number of hydrogen-bond acceptors (Lipinski definition) is 3. The molecule has 3 rings (SSSR count). The van der Waals surface area contributed by atoms with Gasteiger partial charge in [0.1, 0.15) is 5.82 Å². The molecule has 21 heavy (non-hydrogen) atoms. The Bertz CT molecular complexity index is 826. The van der Waals surface area contributed by atoms with Gasteiger partial charge in [-0.3, -0.25) is 4.79 Å². The summed E-state index contributed by atoms with van der Waals surface area (Å²) >= 11 is 5.91. The van der Waals surface area contributed by atoms with Crippen LogP contribution in [0, 0.1) is 12.7 Å². The van der Waals surface area contributed by atoms with Gasteiger partial charge in [0.2, 0.25) is 5.43 Å². The van der Waals surface area contributed by atoms with Gasteiger partial charge in [-0.1, -0.05) is 11.6 Å². The Morgan fingerprint density at radius 3 is 2.76 bits per heavy atom. The standard InChI is InChI=1S/C14H11ClFNO4/c1-6-11(15)9(16)4-8-12(6)17(7-2-3-7)5-10(13(8)18)21-14(19)20/h4-5,7H,2-3H2,1H3,(H,19,20). The summed E-state index contributed by atoms with van der Waals surface area (Å²) in [5.74, 6) is -1.04. The molecule has 1 aromatic heterocycles. The number of carbonyl (C=O) groups is 1. The van der Waals surface area contributed by atoms with Gasteiger partial charge in [-0.25, -0.2) is 9.18 Å². The summed E-state index contributed by atoms with van der Waals surface area (Å²) in [7, 11) is 0. The van der Waals surface area contributed by atoms with Crippen LogP contribution < -0.4 is 10.2 Å². The number of benzene rings is 1. The molecule has 1 saturated carbocycles. The molecule has 1 aromatic carbocycles. The minimum atomic E-state index is -1.58. The Kier molecular flexibility index (Phi) is 3.13. The van der Waals surface area contributed by atoms with Crippen molar-refractivity contribution in [1.82, 2.24) is 4.57 Å². The summed E-state index contributed by atoms with van der Waals surface area (Å²) in [6.07, 6.45) is 1.58. The Labute approximate surface area is 123 Å². The molecule has 0 aliphatic heterocycles. The maximum Gasteiger partial charge on any atom is 0.511 e. The van der Waals surface area contributed by atoms with Crippen LogP contribution in [0.4, 0.5) is 9.18 Å². The molecule has 1 aliphatic rings. The summed E-state index contributed by atoms with van der Waals surface area (Å²) in [5, 5.41) is 8.73. The molecule has 0 atom stereocenters. The highest BCUT2D eigenvalue weighted by Crippen LogP contribution is 2.39. The predicted octanol–water partition coefficient (Wildman–Crippen LogP) is 3.49. The molecule has 0 unspecified atom stereocenters. The van der Waals surface area contributed by atoms with Gasteiger partial charge >= 0.3 is 6.16 Å². The number of aryl methyl sites for hydroxylation is 1. The second-order valence-electron chi connectivity index (χ2n) is 5.02. The molecule has 0 radical (unpaired) electrons. The van der Waals surface area contributed by atoms with Gasteiger partial charge in [0.15, 0.2) is 5.75 Å². The molecule has 2 aromatic rings. The first-order valence-electron chi connectivity index (χ1n) is 6.34. The van der Waals surface area contributed by atoms with Crippen molar-refractivity contribution in [2.45, 2.75) is 25.8 Å². The first kappa shape index (κ1) is 13.9. The van der Waals surface area contributed by atoms with Crippen molar-refractivity contribution >= 4 is 28.7 Å². The number of rotatable bonds is 2. The van der Waals surface area contributed by atoms with E-state index in [1.165, 1.54) is 6.20 Å². The Morgan fingerprint density at radius 2 is 2.19 bits per heavy atom. The van der Waals surface area contributed by atoms with E-state index in [1.807, 2.05) is 0 Å². The fourth-order valence-corrected chi connectivity index (χ4v) is 2.58. The quantitative estimate of drug-likeness (QED) is 0.862. The summed E-state index contributed by atoms with van der Waals surface area (Å²) in [5.41, 5.74) is 0.312. The first-order valence-corrected chi connectivity index (χ1v) is 6.72. The molecular weight excluding hydrogens is 301 g/mol. The summed E-state index contributed by atoms with van der Waals surface area (Å²) in [6, 6.07) is 1.17. The first-order chi connectivity index (χ1) is 9.90. The Morgan fingerprint density at radius 1 is 1.52 bits per heavy atom. The van der Waals surface area contributed by atoms with Gasteiger partial charge in [0, 0.05) is 6.04 Å². The van der Waals surface area contributed by atoms with E-state index in [2.05, 4.69) is 4.74 Å². The van der Waals surface area contributed by atoms with E-state index in [0.717, 1.165) is 18.9 Å². The third-order valence-electron chi connectivity index (χ3n) is 3.54. The normalized spacial score (nSPS) is 14.4. The largest absolute Gasteiger partial charge is 0.511 e. The average Bonchev–Trinajstić information content (AvgIpc) is 3.23. The van der Waals surface area contributed by atoms with Crippen molar-refractivity contribution in [2.75, 3.05) is 0 Å². The van der Waals surface area contributed by atoms with E-state index in [1.54, 1.807) is 11.5 Å². The Hall–Kier alpha value is -2.08. The zero-order valence-electron chi connectivity index (χ0n) is 11.0. The molecule has 1 fully saturated rings. The van der Waals surface area contributed by atoms with E-state index in [4.69, 9.17) is 16.7 Å². The third-order valence-corrected chi connectivity index (χ3v) is 4.00. The van der Waals surface area contributed by atoms with Gasteiger partial charge < -0.3 is 14.4 Å². The van der Waals surface area contributed by atoms with E-state index in [9.17, 15) is 14.0 Å². The number of carboxylic acid groups (broad SMARTS) is 1. The van der Waals surface area contributed by atoms with Gasteiger partial charge in [-0.2, -0.15) is 0 Å². The monoisotopic (exact) mass is 311 g/mol. The van der Waals surface area contributed by atoms with Gasteiger partial charge in [0.25, 0.3) is 0 Å². The molecule has 5 nitrogen and oxygen atoms in total. The zero-order valence-corrected chi connectivity index (χ0v) is 11.8. The van der Waals surface area contributed by atoms with Crippen LogP contribution >= 0.6 is 11.6 Å². The van der Waals surface area contributed by atoms with Crippen LogP contribution in [0.15, 0.2) is 17.1 Å². The van der Waals surface area contributed by atoms with Crippen LogP contribution in [0.25, 0.3) is 10.9 Å². The summed E-state index contributed by atoms with van der Waals surface area (Å²) < 4.78 is 20.1. The molecule has 0 amide bonds. The fraction of sp³-hybridized carbons (Fsp3) is 0.286. The molecule has 0 bridgehead atoms. The van der Waals surface area contributed by atoms with E-state index in [-0.39, 0.29) is 22.2 Å². The average molecular weight is 312 g/mol. The van der Waals surface area contributed by atoms with Crippen molar-refractivity contribution in [3.8, 4) is 5.75 Å². The van der Waals surface area contributed by atoms with Gasteiger partial charge in [0.05, 0.1) is 22.1 Å². The minimum absolute atomic E-state index is 0.0387. The third kappa shape index (κ3) is 2.25. The van der Waals surface area contributed by atoms with Crippen LogP contribution in [-0.2, 0) is 0 Å². The molecule has 1 N–H and O–H groups in total. The highest BCUT2D eigenvalue weighted by molar-refractivity contribution is 6.32. The molecular formula is C14H11ClFNO4. The lowest BCUT2D eigenvalue weighted by Gasteiger charge is -2.15. The van der Waals surface area contributed by atoms with Crippen molar-refractivity contribution in [2.24, 2.45) is 0 Å². The topological polar surface area (TPSA) is 68.5 Å². The lowest BCUT2D eigenvalue weighted by Crippen LogP contribution is -2.17. The zero-order chi connectivity index (χ0) is 15.3. The number of hydrogen-bond donors (Lipinski definition) is 1. The molecule has 7 heteroatoms. The van der Waals surface area contributed by atoms with Crippen molar-refractivity contribution < 1.29 is 19.0 Å². The van der Waals surface area contributed by atoms with E-state index < -0.39 is 17.4 Å². The van der Waals surface area contributed by atoms with Gasteiger partial charge in [-0.05, 0) is 31.4 Å². The highest BCUT2D eigenvalue weighted by Gasteiger charge is 2.28. The second-order valence-corrected chi connectivity index (χ2v) is 5.40. The maximum atomic E-state index is 13.8. The van der Waals surface area contributed by atoms with Crippen molar-refractivity contribution in [1.29, 1.82) is 0 Å². The van der Waals surface area contributed by atoms with E-state index >= 15 is 0 Å². The van der Waals surface area contributed by atoms with Crippen molar-refractivity contribution in [3.05, 3.63) is 38.9 Å². The van der Waals surface area contributed by atoms with Crippen LogP contribution in [0.1, 0.15) is 24.4 Å². The number of halogens is 2.